The number of carbonyl (C=O) groups is 1. The van der Waals surface area contributed by atoms with Crippen LogP contribution in [0.3, 0.4) is 0 Å². The molecule has 19 heavy (non-hydrogen) atoms. The Labute approximate surface area is 118 Å². The Bertz CT molecular complexity index is 304. The van der Waals surface area contributed by atoms with Crippen LogP contribution in [-0.4, -0.2) is 29.3 Å². The van der Waals surface area contributed by atoms with Crippen molar-refractivity contribution in [3.63, 3.8) is 0 Å². The van der Waals surface area contributed by atoms with Gasteiger partial charge in [0, 0.05) is 5.92 Å². The van der Waals surface area contributed by atoms with Gasteiger partial charge in [-0.1, -0.05) is 32.6 Å². The molecule has 0 aromatic carbocycles. The van der Waals surface area contributed by atoms with Gasteiger partial charge in [0.25, 0.3) is 0 Å². The fourth-order valence-electron chi connectivity index (χ4n) is 4.10. The van der Waals surface area contributed by atoms with E-state index in [1.165, 1.54) is 44.9 Å². The van der Waals surface area contributed by atoms with Crippen LogP contribution in [0.5, 0.6) is 0 Å². The molecular weight excluding hydrogens is 234 g/mol. The summed E-state index contributed by atoms with van der Waals surface area (Å²) in [7, 11) is 0. The third-order valence-corrected chi connectivity index (χ3v) is 5.52. The number of hydrogen-bond acceptors (Lipinski definition) is 2. The average molecular weight is 265 g/mol. The molecule has 2 heteroatoms. The quantitative estimate of drug-likeness (QED) is 0.764. The van der Waals surface area contributed by atoms with Gasteiger partial charge in [-0.25, -0.2) is 0 Å². The van der Waals surface area contributed by atoms with Gasteiger partial charge in [-0.15, -0.1) is 0 Å². The van der Waals surface area contributed by atoms with Crippen LogP contribution in [0.15, 0.2) is 0 Å². The summed E-state index contributed by atoms with van der Waals surface area (Å²) in [6.07, 6.45) is 10.0. The molecule has 1 heterocycles. The lowest BCUT2D eigenvalue weighted by atomic mass is 9.71. The van der Waals surface area contributed by atoms with E-state index in [4.69, 9.17) is 0 Å². The van der Waals surface area contributed by atoms with Crippen molar-refractivity contribution in [2.45, 2.75) is 77.7 Å². The summed E-state index contributed by atoms with van der Waals surface area (Å²) in [6, 6.07) is 0. The molecule has 0 spiro atoms. The van der Waals surface area contributed by atoms with Gasteiger partial charge in [0.05, 0.1) is 5.54 Å². The second kappa shape index (κ2) is 6.39. The van der Waals surface area contributed by atoms with E-state index >= 15 is 0 Å². The van der Waals surface area contributed by atoms with Crippen molar-refractivity contribution in [1.82, 2.24) is 4.90 Å². The molecule has 2 atom stereocenters. The van der Waals surface area contributed by atoms with Gasteiger partial charge < -0.3 is 0 Å². The molecule has 1 saturated carbocycles. The second-order valence-electron chi connectivity index (χ2n) is 7.03. The molecule has 2 aliphatic rings. The predicted octanol–water partition coefficient (Wildman–Crippen LogP) is 4.04. The Kier molecular flexibility index (Phi) is 5.05. The summed E-state index contributed by atoms with van der Waals surface area (Å²) in [6.45, 7) is 8.82. The van der Waals surface area contributed by atoms with E-state index in [1.54, 1.807) is 0 Å². The topological polar surface area (TPSA) is 20.3 Å². The van der Waals surface area contributed by atoms with Crippen LogP contribution in [0, 0.1) is 11.8 Å². The lowest BCUT2D eigenvalue weighted by Gasteiger charge is -2.43. The molecule has 1 aliphatic carbocycles. The zero-order valence-corrected chi connectivity index (χ0v) is 13.1. The predicted molar refractivity (Wildman–Crippen MR) is 80.2 cm³/mol. The van der Waals surface area contributed by atoms with Crippen LogP contribution in [-0.2, 0) is 4.79 Å². The maximum absolute atomic E-state index is 13.0. The molecule has 2 unspecified atom stereocenters. The smallest absolute Gasteiger partial charge is 0.155 e. The molecule has 2 nitrogen and oxygen atoms in total. The molecule has 0 radical (unpaired) electrons. The number of piperidine rings is 1. The highest BCUT2D eigenvalue weighted by Gasteiger charge is 2.41. The van der Waals surface area contributed by atoms with Crippen LogP contribution in [0.25, 0.3) is 0 Å². The van der Waals surface area contributed by atoms with Crippen LogP contribution in [0.4, 0.5) is 0 Å². The fourth-order valence-corrected chi connectivity index (χ4v) is 4.10. The largest absolute Gasteiger partial charge is 0.297 e. The SMILES string of the molecule is CCC1CCCCC1C(=O)C(C)(C)N1CCCCC1. The van der Waals surface area contributed by atoms with Crippen molar-refractivity contribution < 1.29 is 4.79 Å². The van der Waals surface area contributed by atoms with Crippen LogP contribution >= 0.6 is 0 Å². The summed E-state index contributed by atoms with van der Waals surface area (Å²) >= 11 is 0. The van der Waals surface area contributed by atoms with E-state index in [-0.39, 0.29) is 5.54 Å². The number of ketones is 1. The normalized spacial score (nSPS) is 30.3. The van der Waals surface area contributed by atoms with Gasteiger partial charge in [-0.2, -0.15) is 0 Å². The Balaban J connectivity index is 2.07. The number of Topliss-reactive ketones (excluding diaryl/α,β-unsaturated/α-hetero) is 1. The Morgan fingerprint density at radius 1 is 1.05 bits per heavy atom. The Morgan fingerprint density at radius 2 is 1.68 bits per heavy atom. The number of rotatable bonds is 4. The molecule has 0 N–H and O–H groups in total. The summed E-state index contributed by atoms with van der Waals surface area (Å²) in [5.41, 5.74) is -0.240. The van der Waals surface area contributed by atoms with E-state index in [2.05, 4.69) is 25.7 Å². The minimum atomic E-state index is -0.240. The minimum Gasteiger partial charge on any atom is -0.297 e. The van der Waals surface area contributed by atoms with Gasteiger partial charge >= 0.3 is 0 Å². The van der Waals surface area contributed by atoms with Gasteiger partial charge in [0.1, 0.15) is 0 Å². The minimum absolute atomic E-state index is 0.240. The fraction of sp³-hybridized carbons (Fsp3) is 0.941. The molecule has 2 fully saturated rings. The van der Waals surface area contributed by atoms with Crippen LogP contribution in [0.2, 0.25) is 0 Å². The van der Waals surface area contributed by atoms with Crippen LogP contribution in [0.1, 0.15) is 72.1 Å². The monoisotopic (exact) mass is 265 g/mol. The molecule has 0 amide bonds. The first kappa shape index (κ1) is 15.0. The summed E-state index contributed by atoms with van der Waals surface area (Å²) in [5, 5.41) is 0. The summed E-state index contributed by atoms with van der Waals surface area (Å²) in [5.74, 6) is 1.50. The first-order valence-corrected chi connectivity index (χ1v) is 8.36. The highest BCUT2D eigenvalue weighted by atomic mass is 16.1. The summed E-state index contributed by atoms with van der Waals surface area (Å²) < 4.78 is 0. The third kappa shape index (κ3) is 3.21. The molecule has 1 aliphatic heterocycles. The van der Waals surface area contributed by atoms with Crippen molar-refractivity contribution in [2.24, 2.45) is 11.8 Å². The summed E-state index contributed by atoms with van der Waals surface area (Å²) in [4.78, 5) is 15.5. The number of hydrogen-bond donors (Lipinski definition) is 0. The van der Waals surface area contributed by atoms with E-state index in [9.17, 15) is 4.79 Å². The van der Waals surface area contributed by atoms with Crippen molar-refractivity contribution >= 4 is 5.78 Å². The first-order valence-electron chi connectivity index (χ1n) is 8.36. The van der Waals surface area contributed by atoms with Gasteiger partial charge in [0.15, 0.2) is 5.78 Å². The van der Waals surface area contributed by atoms with Gasteiger partial charge in [-0.3, -0.25) is 9.69 Å². The molecule has 0 bridgehead atoms. The highest BCUT2D eigenvalue weighted by molar-refractivity contribution is 5.90. The van der Waals surface area contributed by atoms with E-state index < -0.39 is 0 Å². The van der Waals surface area contributed by atoms with Crippen molar-refractivity contribution in [3.8, 4) is 0 Å². The van der Waals surface area contributed by atoms with Gasteiger partial charge in [-0.05, 0) is 58.5 Å². The maximum atomic E-state index is 13.0. The lowest BCUT2D eigenvalue weighted by Crippen LogP contribution is -2.55. The van der Waals surface area contributed by atoms with Crippen LogP contribution < -0.4 is 0 Å². The lowest BCUT2D eigenvalue weighted by molar-refractivity contribution is -0.137. The number of nitrogens with zero attached hydrogens (tertiary/aromatic N) is 1. The number of carbonyl (C=O) groups excluding carboxylic acids is 1. The Hall–Kier alpha value is -0.370. The van der Waals surface area contributed by atoms with Crippen molar-refractivity contribution in [2.75, 3.05) is 13.1 Å². The standard InChI is InChI=1S/C17H31NO/c1-4-14-10-6-7-11-15(14)16(19)17(2,3)18-12-8-5-9-13-18/h14-15H,4-13H2,1-3H3. The maximum Gasteiger partial charge on any atom is 0.155 e. The first-order chi connectivity index (χ1) is 9.07. The molecule has 110 valence electrons. The van der Waals surface area contributed by atoms with E-state index in [0.717, 1.165) is 19.5 Å². The molecular formula is C17H31NO. The van der Waals surface area contributed by atoms with Gasteiger partial charge in [0.2, 0.25) is 0 Å². The second-order valence-corrected chi connectivity index (χ2v) is 7.03. The van der Waals surface area contributed by atoms with E-state index in [0.29, 0.717) is 17.6 Å². The van der Waals surface area contributed by atoms with Crippen molar-refractivity contribution in [3.05, 3.63) is 0 Å². The zero-order valence-electron chi connectivity index (χ0n) is 13.1. The molecule has 1 saturated heterocycles. The average Bonchev–Trinajstić information content (AvgIpc) is 2.47. The molecule has 0 aromatic rings. The highest BCUT2D eigenvalue weighted by Crippen LogP contribution is 2.37. The molecule has 0 aromatic heterocycles. The van der Waals surface area contributed by atoms with E-state index in [1.807, 2.05) is 0 Å². The zero-order chi connectivity index (χ0) is 13.9. The third-order valence-electron chi connectivity index (χ3n) is 5.52. The van der Waals surface area contributed by atoms with Crippen molar-refractivity contribution in [1.29, 1.82) is 0 Å². The Morgan fingerprint density at radius 3 is 2.32 bits per heavy atom. The molecule has 2 rings (SSSR count). The number of likely N-dealkylation sites (tertiary alicyclic amines) is 1.